The van der Waals surface area contributed by atoms with Crippen molar-refractivity contribution in [1.82, 2.24) is 19.8 Å². The van der Waals surface area contributed by atoms with Gasteiger partial charge < -0.3 is 14.8 Å². The average Bonchev–Trinajstić information content (AvgIpc) is 2.82. The second-order valence-corrected chi connectivity index (χ2v) is 5.68. The Morgan fingerprint density at radius 1 is 1.43 bits per heavy atom. The van der Waals surface area contributed by atoms with Crippen molar-refractivity contribution < 1.29 is 18.4 Å². The summed E-state index contributed by atoms with van der Waals surface area (Å²) in [6.45, 7) is 2.07. The summed E-state index contributed by atoms with van der Waals surface area (Å²) in [4.78, 5) is 29.4. The van der Waals surface area contributed by atoms with Gasteiger partial charge in [0.15, 0.2) is 0 Å². The zero-order chi connectivity index (χ0) is 15.2. The van der Waals surface area contributed by atoms with E-state index in [-0.39, 0.29) is 31.2 Å². The van der Waals surface area contributed by atoms with Crippen molar-refractivity contribution in [2.24, 2.45) is 0 Å². The molecule has 0 saturated heterocycles. The number of imidazole rings is 1. The highest BCUT2D eigenvalue weighted by atomic mass is 19.3. The van der Waals surface area contributed by atoms with Crippen LogP contribution in [-0.4, -0.2) is 44.8 Å². The van der Waals surface area contributed by atoms with Crippen molar-refractivity contribution in [3.63, 3.8) is 0 Å². The van der Waals surface area contributed by atoms with Gasteiger partial charge in [0.2, 0.25) is 11.8 Å². The molecule has 1 aliphatic carbocycles. The van der Waals surface area contributed by atoms with Gasteiger partial charge in [-0.15, -0.1) is 0 Å². The molecule has 0 unspecified atom stereocenters. The van der Waals surface area contributed by atoms with Crippen molar-refractivity contribution in [3.05, 3.63) is 18.2 Å². The smallest absolute Gasteiger partial charge is 0.252 e. The van der Waals surface area contributed by atoms with Crippen LogP contribution in [0.1, 0.15) is 31.5 Å². The molecule has 1 saturated carbocycles. The first-order chi connectivity index (χ1) is 9.85. The van der Waals surface area contributed by atoms with Gasteiger partial charge in [0.1, 0.15) is 6.04 Å². The van der Waals surface area contributed by atoms with Gasteiger partial charge in [0.25, 0.3) is 5.92 Å². The summed E-state index contributed by atoms with van der Waals surface area (Å²) in [5, 5.41) is 2.63. The van der Waals surface area contributed by atoms with Gasteiger partial charge >= 0.3 is 0 Å². The molecule has 1 fully saturated rings. The van der Waals surface area contributed by atoms with Crippen LogP contribution in [0, 0.1) is 0 Å². The molecule has 1 aromatic heterocycles. The number of carbonyl (C=O) groups is 2. The Balaban J connectivity index is 1.72. The summed E-state index contributed by atoms with van der Waals surface area (Å²) in [5.41, 5.74) is 0.760. The van der Waals surface area contributed by atoms with Crippen LogP contribution in [-0.2, 0) is 16.1 Å². The first kappa shape index (κ1) is 14.0. The highest BCUT2D eigenvalue weighted by molar-refractivity contribution is 5.82. The van der Waals surface area contributed by atoms with Gasteiger partial charge in [0, 0.05) is 32.0 Å². The summed E-state index contributed by atoms with van der Waals surface area (Å²) < 4.78 is 27.3. The molecule has 2 heterocycles. The number of rotatable bonds is 2. The number of nitrogens with zero attached hydrogens (tertiary/aromatic N) is 3. The lowest BCUT2D eigenvalue weighted by molar-refractivity contribution is -0.136. The van der Waals surface area contributed by atoms with Crippen molar-refractivity contribution in [2.75, 3.05) is 6.54 Å². The predicted molar refractivity (Wildman–Crippen MR) is 68.5 cm³/mol. The maximum Gasteiger partial charge on any atom is 0.252 e. The molecule has 1 aromatic rings. The lowest BCUT2D eigenvalue weighted by Gasteiger charge is -2.38. The van der Waals surface area contributed by atoms with Crippen LogP contribution >= 0.6 is 0 Å². The van der Waals surface area contributed by atoms with Gasteiger partial charge in [-0.1, -0.05) is 0 Å². The molecular weight excluding hydrogens is 282 g/mol. The van der Waals surface area contributed by atoms with Crippen LogP contribution in [0.4, 0.5) is 8.78 Å². The molecule has 1 atom stereocenters. The fraction of sp³-hybridized carbons (Fsp3) is 0.615. The van der Waals surface area contributed by atoms with E-state index in [1.54, 1.807) is 15.7 Å². The first-order valence-corrected chi connectivity index (χ1v) is 6.80. The standard InChI is InChI=1S/C13H16F2N4O2/c1-8(20)18-5-10-4-16-7-19(10)11(6-18)12(21)17-9-2-13(14,15)3-9/h4,7,9,11H,2-3,5-6H2,1H3,(H,17,21)/t11-/m1/s1. The lowest BCUT2D eigenvalue weighted by Crippen LogP contribution is -2.54. The van der Waals surface area contributed by atoms with Crippen molar-refractivity contribution in [1.29, 1.82) is 0 Å². The number of hydrogen-bond donors (Lipinski definition) is 1. The summed E-state index contributed by atoms with van der Waals surface area (Å²) >= 11 is 0. The minimum absolute atomic E-state index is 0.129. The van der Waals surface area contributed by atoms with E-state index in [1.807, 2.05) is 0 Å². The van der Waals surface area contributed by atoms with Crippen LogP contribution in [0.25, 0.3) is 0 Å². The minimum atomic E-state index is -2.67. The molecule has 1 N–H and O–H groups in total. The van der Waals surface area contributed by atoms with E-state index in [0.29, 0.717) is 6.54 Å². The van der Waals surface area contributed by atoms with E-state index >= 15 is 0 Å². The van der Waals surface area contributed by atoms with Crippen LogP contribution in [0.5, 0.6) is 0 Å². The van der Waals surface area contributed by atoms with E-state index in [0.717, 1.165) is 5.69 Å². The maximum atomic E-state index is 12.8. The third-order valence-corrected chi connectivity index (χ3v) is 4.01. The van der Waals surface area contributed by atoms with Crippen LogP contribution in [0.2, 0.25) is 0 Å². The zero-order valence-corrected chi connectivity index (χ0v) is 11.6. The second kappa shape index (κ2) is 4.78. The molecule has 114 valence electrons. The molecule has 2 amide bonds. The summed E-state index contributed by atoms with van der Waals surface area (Å²) in [6.07, 6.45) is 2.50. The molecule has 3 rings (SSSR count). The van der Waals surface area contributed by atoms with Gasteiger partial charge in [-0.3, -0.25) is 9.59 Å². The molecule has 8 heteroatoms. The molecule has 6 nitrogen and oxygen atoms in total. The van der Waals surface area contributed by atoms with Crippen molar-refractivity contribution in [2.45, 2.75) is 44.3 Å². The fourth-order valence-corrected chi connectivity index (χ4v) is 2.80. The third-order valence-electron chi connectivity index (χ3n) is 4.01. The Bertz CT molecular complexity index is 578. The Morgan fingerprint density at radius 2 is 2.14 bits per heavy atom. The number of aromatic nitrogens is 2. The topological polar surface area (TPSA) is 67.2 Å². The van der Waals surface area contributed by atoms with Gasteiger partial charge in [-0.25, -0.2) is 13.8 Å². The number of halogens is 2. The van der Waals surface area contributed by atoms with Gasteiger partial charge in [-0.2, -0.15) is 0 Å². The first-order valence-electron chi connectivity index (χ1n) is 6.80. The zero-order valence-electron chi connectivity index (χ0n) is 11.6. The largest absolute Gasteiger partial charge is 0.351 e. The van der Waals surface area contributed by atoms with Gasteiger partial charge in [-0.05, 0) is 0 Å². The number of amides is 2. The third kappa shape index (κ3) is 2.62. The average molecular weight is 298 g/mol. The molecule has 1 aliphatic heterocycles. The van der Waals surface area contributed by atoms with E-state index in [2.05, 4.69) is 10.3 Å². The molecule has 2 aliphatic rings. The Kier molecular flexibility index (Phi) is 3.18. The Hall–Kier alpha value is -1.99. The molecule has 21 heavy (non-hydrogen) atoms. The number of hydrogen-bond acceptors (Lipinski definition) is 3. The molecule has 0 spiro atoms. The van der Waals surface area contributed by atoms with Crippen molar-refractivity contribution in [3.8, 4) is 0 Å². The van der Waals surface area contributed by atoms with Crippen molar-refractivity contribution >= 4 is 11.8 Å². The summed E-state index contributed by atoms with van der Waals surface area (Å²) in [7, 11) is 0. The monoisotopic (exact) mass is 298 g/mol. The van der Waals surface area contributed by atoms with E-state index in [1.165, 1.54) is 13.3 Å². The summed E-state index contributed by atoms with van der Waals surface area (Å²) in [6, 6.07) is -1.11. The Morgan fingerprint density at radius 3 is 2.76 bits per heavy atom. The SMILES string of the molecule is CC(=O)N1Cc2cncn2[C@@H](C(=O)NC2CC(F)(F)C2)C1. The lowest BCUT2D eigenvalue weighted by atomic mass is 9.88. The highest BCUT2D eigenvalue weighted by Crippen LogP contribution is 2.37. The fourth-order valence-electron chi connectivity index (χ4n) is 2.80. The molecule has 0 bridgehead atoms. The highest BCUT2D eigenvalue weighted by Gasteiger charge is 2.46. The molecule has 0 aromatic carbocycles. The second-order valence-electron chi connectivity index (χ2n) is 5.68. The van der Waals surface area contributed by atoms with Crippen LogP contribution in [0.3, 0.4) is 0 Å². The normalized spacial score (nSPS) is 24.1. The number of fused-ring (bicyclic) bond motifs is 1. The van der Waals surface area contributed by atoms with Gasteiger partial charge in [0.05, 0.1) is 25.1 Å². The number of alkyl halides is 2. The Labute approximate surface area is 120 Å². The number of carbonyl (C=O) groups excluding carboxylic acids is 2. The number of nitrogens with one attached hydrogen (secondary N) is 1. The van der Waals surface area contributed by atoms with Crippen LogP contribution in [0.15, 0.2) is 12.5 Å². The van der Waals surface area contributed by atoms with E-state index in [4.69, 9.17) is 0 Å². The maximum absolute atomic E-state index is 12.8. The van der Waals surface area contributed by atoms with E-state index < -0.39 is 18.0 Å². The van der Waals surface area contributed by atoms with E-state index in [9.17, 15) is 18.4 Å². The molecule has 0 radical (unpaired) electrons. The minimum Gasteiger partial charge on any atom is -0.351 e. The molecular formula is C13H16F2N4O2. The summed E-state index contributed by atoms with van der Waals surface area (Å²) in [5.74, 6) is -3.15. The predicted octanol–water partition coefficient (Wildman–Crippen LogP) is 0.700. The quantitative estimate of drug-likeness (QED) is 0.874. The van der Waals surface area contributed by atoms with Crippen LogP contribution < -0.4 is 5.32 Å².